The molecule has 0 aliphatic heterocycles. The number of hydrogen-bond acceptors (Lipinski definition) is 5. The third kappa shape index (κ3) is 2.14. The maximum absolute atomic E-state index is 5.18. The molecule has 1 aromatic carbocycles. The van der Waals surface area contributed by atoms with Crippen molar-refractivity contribution in [1.82, 2.24) is 15.0 Å². The zero-order valence-electron chi connectivity index (χ0n) is 11.2. The first-order valence-electron chi connectivity index (χ1n) is 6.13. The molecule has 5 heteroatoms. The van der Waals surface area contributed by atoms with E-state index in [2.05, 4.69) is 15.0 Å². The Labute approximate surface area is 116 Å². The summed E-state index contributed by atoms with van der Waals surface area (Å²) < 4.78 is 10.3. The van der Waals surface area contributed by atoms with Crippen LogP contribution < -0.4 is 9.47 Å². The summed E-state index contributed by atoms with van der Waals surface area (Å²) in [6.07, 6.45) is 1.77. The van der Waals surface area contributed by atoms with Crippen molar-refractivity contribution >= 4 is 10.9 Å². The van der Waals surface area contributed by atoms with Gasteiger partial charge in [0.1, 0.15) is 0 Å². The first-order chi connectivity index (χ1) is 9.81. The Balaban J connectivity index is 2.25. The van der Waals surface area contributed by atoms with Crippen molar-refractivity contribution in [2.75, 3.05) is 14.2 Å². The number of ether oxygens (including phenoxy) is 2. The van der Waals surface area contributed by atoms with Gasteiger partial charge in [-0.3, -0.25) is 4.98 Å². The van der Waals surface area contributed by atoms with Crippen molar-refractivity contribution in [3.05, 3.63) is 42.6 Å². The average Bonchev–Trinajstić information content (AvgIpc) is 2.53. The fourth-order valence-corrected chi connectivity index (χ4v) is 2.06. The molecule has 3 rings (SSSR count). The number of benzene rings is 1. The van der Waals surface area contributed by atoms with Gasteiger partial charge in [-0.05, 0) is 12.1 Å². The van der Waals surface area contributed by atoms with Crippen LogP contribution in [0.4, 0.5) is 0 Å². The first-order valence-corrected chi connectivity index (χ1v) is 6.13. The molecule has 0 bridgehead atoms. The maximum Gasteiger partial charge on any atom is 0.320 e. The molecule has 2 aromatic heterocycles. The van der Waals surface area contributed by atoms with Crippen LogP contribution in [0, 0.1) is 0 Å². The summed E-state index contributed by atoms with van der Waals surface area (Å²) in [5, 5.41) is 1.03. The third-order valence-corrected chi connectivity index (χ3v) is 3.00. The Hall–Kier alpha value is -2.69. The molecule has 0 amide bonds. The average molecular weight is 267 g/mol. The van der Waals surface area contributed by atoms with Crippen LogP contribution in [0.5, 0.6) is 11.9 Å². The van der Waals surface area contributed by atoms with Gasteiger partial charge in [-0.15, -0.1) is 0 Å². The molecule has 0 saturated heterocycles. The Morgan fingerprint density at radius 1 is 0.950 bits per heavy atom. The van der Waals surface area contributed by atoms with Crippen LogP contribution in [0.2, 0.25) is 0 Å². The van der Waals surface area contributed by atoms with Gasteiger partial charge < -0.3 is 9.47 Å². The van der Waals surface area contributed by atoms with Crippen molar-refractivity contribution in [2.24, 2.45) is 0 Å². The van der Waals surface area contributed by atoms with Gasteiger partial charge in [0, 0.05) is 23.2 Å². The zero-order valence-corrected chi connectivity index (χ0v) is 11.2. The summed E-state index contributed by atoms with van der Waals surface area (Å²) in [5.41, 5.74) is 2.63. The van der Waals surface area contributed by atoms with Crippen LogP contribution in [0.1, 0.15) is 0 Å². The Morgan fingerprint density at radius 3 is 2.65 bits per heavy atom. The number of rotatable bonds is 3. The van der Waals surface area contributed by atoms with E-state index in [0.29, 0.717) is 5.88 Å². The van der Waals surface area contributed by atoms with Gasteiger partial charge in [0.25, 0.3) is 0 Å². The predicted molar refractivity (Wildman–Crippen MR) is 75.9 cm³/mol. The van der Waals surface area contributed by atoms with Gasteiger partial charge in [-0.2, -0.15) is 9.97 Å². The standard InChI is InChI=1S/C15H13N3O2/c1-19-14-9-13(17-15(18-14)20-2)11-5-3-7-12-10(11)6-4-8-16-12/h3-9H,1-2H3. The zero-order chi connectivity index (χ0) is 13.9. The van der Waals surface area contributed by atoms with Gasteiger partial charge in [0.05, 0.1) is 25.4 Å². The molecule has 0 aliphatic rings. The third-order valence-electron chi connectivity index (χ3n) is 3.00. The number of fused-ring (bicyclic) bond motifs is 1. The lowest BCUT2D eigenvalue weighted by Crippen LogP contribution is -1.97. The van der Waals surface area contributed by atoms with E-state index < -0.39 is 0 Å². The van der Waals surface area contributed by atoms with Crippen LogP contribution in [0.3, 0.4) is 0 Å². The van der Waals surface area contributed by atoms with Crippen LogP contribution in [0.15, 0.2) is 42.6 Å². The molecule has 0 unspecified atom stereocenters. The lowest BCUT2D eigenvalue weighted by molar-refractivity contribution is 0.353. The second kappa shape index (κ2) is 5.13. The van der Waals surface area contributed by atoms with E-state index in [1.807, 2.05) is 30.3 Å². The van der Waals surface area contributed by atoms with Crippen LogP contribution in [0.25, 0.3) is 22.2 Å². The number of methoxy groups -OCH3 is 2. The molecule has 5 nitrogen and oxygen atoms in total. The van der Waals surface area contributed by atoms with E-state index in [-0.39, 0.29) is 6.01 Å². The molecular weight excluding hydrogens is 254 g/mol. The predicted octanol–water partition coefficient (Wildman–Crippen LogP) is 2.71. The van der Waals surface area contributed by atoms with Crippen molar-refractivity contribution in [1.29, 1.82) is 0 Å². The molecule has 0 aliphatic carbocycles. The number of pyridine rings is 1. The minimum Gasteiger partial charge on any atom is -0.481 e. The highest BCUT2D eigenvalue weighted by atomic mass is 16.5. The number of nitrogens with zero attached hydrogens (tertiary/aromatic N) is 3. The second-order valence-electron chi connectivity index (χ2n) is 4.16. The minimum atomic E-state index is 0.278. The van der Waals surface area contributed by atoms with Gasteiger partial charge >= 0.3 is 6.01 Å². The van der Waals surface area contributed by atoms with Crippen molar-refractivity contribution < 1.29 is 9.47 Å². The Bertz CT molecular complexity index is 731. The molecule has 100 valence electrons. The monoisotopic (exact) mass is 267 g/mol. The fraction of sp³-hybridized carbons (Fsp3) is 0.133. The molecule has 0 spiro atoms. The van der Waals surface area contributed by atoms with Crippen LogP contribution in [-0.4, -0.2) is 29.2 Å². The highest BCUT2D eigenvalue weighted by molar-refractivity contribution is 5.93. The van der Waals surface area contributed by atoms with Gasteiger partial charge in [0.15, 0.2) is 0 Å². The van der Waals surface area contributed by atoms with Crippen LogP contribution in [-0.2, 0) is 0 Å². The number of hydrogen-bond donors (Lipinski definition) is 0. The van der Waals surface area contributed by atoms with E-state index in [1.165, 1.54) is 7.11 Å². The molecular formula is C15H13N3O2. The summed E-state index contributed by atoms with van der Waals surface area (Å²) >= 11 is 0. The van der Waals surface area contributed by atoms with Gasteiger partial charge in [-0.25, -0.2) is 0 Å². The van der Waals surface area contributed by atoms with E-state index in [4.69, 9.17) is 9.47 Å². The molecule has 0 atom stereocenters. The van der Waals surface area contributed by atoms with E-state index in [0.717, 1.165) is 22.2 Å². The molecule has 0 N–H and O–H groups in total. The summed E-state index contributed by atoms with van der Waals surface area (Å²) in [4.78, 5) is 12.8. The summed E-state index contributed by atoms with van der Waals surface area (Å²) in [6.45, 7) is 0. The number of aromatic nitrogens is 3. The van der Waals surface area contributed by atoms with Crippen molar-refractivity contribution in [3.63, 3.8) is 0 Å². The Morgan fingerprint density at radius 2 is 1.85 bits per heavy atom. The topological polar surface area (TPSA) is 57.1 Å². The van der Waals surface area contributed by atoms with E-state index >= 15 is 0 Å². The molecule has 0 fully saturated rings. The van der Waals surface area contributed by atoms with Gasteiger partial charge in [-0.1, -0.05) is 18.2 Å². The highest BCUT2D eigenvalue weighted by Gasteiger charge is 2.10. The summed E-state index contributed by atoms with van der Waals surface area (Å²) in [7, 11) is 3.10. The quantitative estimate of drug-likeness (QED) is 0.730. The highest BCUT2D eigenvalue weighted by Crippen LogP contribution is 2.29. The maximum atomic E-state index is 5.18. The molecule has 3 aromatic rings. The van der Waals surface area contributed by atoms with Gasteiger partial charge in [0.2, 0.25) is 5.88 Å². The minimum absolute atomic E-state index is 0.278. The molecule has 0 radical (unpaired) electrons. The van der Waals surface area contributed by atoms with E-state index in [9.17, 15) is 0 Å². The first kappa shape index (κ1) is 12.3. The molecule has 2 heterocycles. The second-order valence-corrected chi connectivity index (χ2v) is 4.16. The lowest BCUT2D eigenvalue weighted by Gasteiger charge is -2.08. The fourth-order valence-electron chi connectivity index (χ4n) is 2.06. The lowest BCUT2D eigenvalue weighted by atomic mass is 10.1. The largest absolute Gasteiger partial charge is 0.481 e. The van der Waals surface area contributed by atoms with Crippen LogP contribution >= 0.6 is 0 Å². The van der Waals surface area contributed by atoms with Crippen molar-refractivity contribution in [3.8, 4) is 23.1 Å². The SMILES string of the molecule is COc1cc(-c2cccc3ncccc23)nc(OC)n1. The van der Waals surface area contributed by atoms with Crippen molar-refractivity contribution in [2.45, 2.75) is 0 Å². The summed E-state index contributed by atoms with van der Waals surface area (Å²) in [5.74, 6) is 0.466. The normalized spacial score (nSPS) is 10.5. The Kier molecular flexibility index (Phi) is 3.16. The smallest absolute Gasteiger partial charge is 0.320 e. The molecule has 0 saturated carbocycles. The van der Waals surface area contributed by atoms with E-state index in [1.54, 1.807) is 19.4 Å². The molecule has 20 heavy (non-hydrogen) atoms. The summed E-state index contributed by atoms with van der Waals surface area (Å²) in [6, 6.07) is 11.9.